The Kier molecular flexibility index (Phi) is 3.88. The van der Waals surface area contributed by atoms with Crippen molar-refractivity contribution in [1.29, 1.82) is 0 Å². The van der Waals surface area contributed by atoms with E-state index in [1.165, 1.54) is 4.88 Å². The molecule has 2 nitrogen and oxygen atoms in total. The number of thiophene rings is 2. The van der Waals surface area contributed by atoms with E-state index in [2.05, 4.69) is 38.8 Å². The van der Waals surface area contributed by atoms with Gasteiger partial charge in [-0.1, -0.05) is 0 Å². The maximum absolute atomic E-state index is 9.94. The third-order valence-electron chi connectivity index (χ3n) is 2.86. The van der Waals surface area contributed by atoms with Crippen LogP contribution in [0.1, 0.15) is 10.4 Å². The smallest absolute Gasteiger partial charge is 0.124 e. The van der Waals surface area contributed by atoms with Crippen LogP contribution in [-0.4, -0.2) is 5.11 Å². The molecule has 98 valence electrons. The fourth-order valence-corrected chi connectivity index (χ4v) is 4.28. The third kappa shape index (κ3) is 3.00. The van der Waals surface area contributed by atoms with Gasteiger partial charge in [0.25, 0.3) is 0 Å². The van der Waals surface area contributed by atoms with Gasteiger partial charge in [0, 0.05) is 37.9 Å². The summed E-state index contributed by atoms with van der Waals surface area (Å²) >= 11 is 6.84. The highest BCUT2D eigenvalue weighted by atomic mass is 79.9. The van der Waals surface area contributed by atoms with Crippen LogP contribution in [-0.2, 0) is 13.1 Å². The van der Waals surface area contributed by atoms with E-state index in [-0.39, 0.29) is 0 Å². The molecule has 0 saturated heterocycles. The minimum absolute atomic E-state index is 0.370. The second-order valence-corrected chi connectivity index (χ2v) is 7.14. The van der Waals surface area contributed by atoms with Crippen LogP contribution in [0.4, 0.5) is 0 Å². The quantitative estimate of drug-likeness (QED) is 0.711. The maximum atomic E-state index is 9.94. The van der Waals surface area contributed by atoms with Crippen LogP contribution in [0.15, 0.2) is 39.5 Å². The Bertz CT molecular complexity index is 704. The number of halogens is 1. The van der Waals surface area contributed by atoms with Crippen molar-refractivity contribution >= 4 is 48.7 Å². The van der Waals surface area contributed by atoms with Crippen LogP contribution in [0, 0.1) is 0 Å². The summed E-state index contributed by atoms with van der Waals surface area (Å²) in [4.78, 5) is 1.30. The molecule has 0 saturated carbocycles. The van der Waals surface area contributed by atoms with Gasteiger partial charge in [-0.3, -0.25) is 0 Å². The topological polar surface area (TPSA) is 32.3 Å². The molecule has 0 spiro atoms. The Morgan fingerprint density at radius 3 is 2.84 bits per heavy atom. The number of aromatic hydroxyl groups is 1. The standard InChI is InChI=1S/C14H12BrNOS2/c15-10-5-11(19-8-10)7-16-6-9-3-13(17)12-1-2-18-14(12)4-9/h1-5,8,16-17H,6-7H2. The predicted molar refractivity (Wildman–Crippen MR) is 86.1 cm³/mol. The van der Waals surface area contributed by atoms with Crippen LogP contribution >= 0.6 is 38.6 Å². The Labute approximate surface area is 127 Å². The average molecular weight is 354 g/mol. The van der Waals surface area contributed by atoms with Crippen molar-refractivity contribution in [1.82, 2.24) is 5.32 Å². The van der Waals surface area contributed by atoms with Crippen molar-refractivity contribution in [3.63, 3.8) is 0 Å². The van der Waals surface area contributed by atoms with Crippen molar-refractivity contribution < 1.29 is 5.11 Å². The molecule has 3 aromatic rings. The highest BCUT2D eigenvalue weighted by molar-refractivity contribution is 9.10. The van der Waals surface area contributed by atoms with Gasteiger partial charge in [-0.05, 0) is 51.1 Å². The van der Waals surface area contributed by atoms with Crippen LogP contribution in [0.5, 0.6) is 5.75 Å². The highest BCUT2D eigenvalue weighted by Crippen LogP contribution is 2.30. The summed E-state index contributed by atoms with van der Waals surface area (Å²) in [7, 11) is 0. The average Bonchev–Trinajstić information content (AvgIpc) is 2.98. The van der Waals surface area contributed by atoms with Crippen molar-refractivity contribution in [2.45, 2.75) is 13.1 Å². The molecular weight excluding hydrogens is 342 g/mol. The first-order valence-electron chi connectivity index (χ1n) is 5.85. The fourth-order valence-electron chi connectivity index (χ4n) is 1.99. The van der Waals surface area contributed by atoms with E-state index in [9.17, 15) is 5.11 Å². The Morgan fingerprint density at radius 2 is 2.05 bits per heavy atom. The number of hydrogen-bond donors (Lipinski definition) is 2. The molecule has 0 fully saturated rings. The molecule has 3 rings (SSSR count). The normalized spacial score (nSPS) is 11.2. The van der Waals surface area contributed by atoms with Crippen molar-refractivity contribution in [3.05, 3.63) is 49.9 Å². The lowest BCUT2D eigenvalue weighted by molar-refractivity contribution is 0.480. The predicted octanol–water partition coefficient (Wildman–Crippen LogP) is 4.72. The Balaban J connectivity index is 1.68. The molecule has 0 aliphatic carbocycles. The fraction of sp³-hybridized carbons (Fsp3) is 0.143. The molecule has 2 aromatic heterocycles. The molecule has 0 bridgehead atoms. The van der Waals surface area contributed by atoms with Crippen LogP contribution < -0.4 is 5.32 Å². The summed E-state index contributed by atoms with van der Waals surface area (Å²) in [6.45, 7) is 1.61. The van der Waals surface area contributed by atoms with Crippen LogP contribution in [0.3, 0.4) is 0 Å². The van der Waals surface area contributed by atoms with Gasteiger partial charge in [-0.15, -0.1) is 22.7 Å². The van der Waals surface area contributed by atoms with E-state index < -0.39 is 0 Å². The van der Waals surface area contributed by atoms with Gasteiger partial charge >= 0.3 is 0 Å². The SMILES string of the molecule is Oc1cc(CNCc2cc(Br)cs2)cc2sccc12. The largest absolute Gasteiger partial charge is 0.507 e. The zero-order valence-electron chi connectivity index (χ0n) is 10.0. The molecule has 0 atom stereocenters. The number of nitrogens with one attached hydrogen (secondary N) is 1. The molecule has 0 radical (unpaired) electrons. The Hall–Kier alpha value is -0.880. The van der Waals surface area contributed by atoms with Gasteiger partial charge in [-0.2, -0.15) is 0 Å². The number of phenolic OH excluding ortho intramolecular Hbond substituents is 1. The molecule has 1 aromatic carbocycles. The Morgan fingerprint density at radius 1 is 1.16 bits per heavy atom. The van der Waals surface area contributed by atoms with Crippen LogP contribution in [0.25, 0.3) is 10.1 Å². The van der Waals surface area contributed by atoms with Gasteiger partial charge in [-0.25, -0.2) is 0 Å². The zero-order chi connectivity index (χ0) is 13.2. The minimum atomic E-state index is 0.370. The molecule has 0 amide bonds. The second-order valence-electron chi connectivity index (χ2n) is 4.28. The molecule has 0 aliphatic heterocycles. The lowest BCUT2D eigenvalue weighted by Gasteiger charge is -2.05. The van der Waals surface area contributed by atoms with Gasteiger partial charge in [0.1, 0.15) is 5.75 Å². The molecule has 0 unspecified atom stereocenters. The van der Waals surface area contributed by atoms with Crippen molar-refractivity contribution in [2.75, 3.05) is 0 Å². The van der Waals surface area contributed by atoms with Crippen LogP contribution in [0.2, 0.25) is 0 Å². The second kappa shape index (κ2) is 5.63. The number of phenols is 1. The van der Waals surface area contributed by atoms with Crippen molar-refractivity contribution in [2.24, 2.45) is 0 Å². The van der Waals surface area contributed by atoms with E-state index in [4.69, 9.17) is 0 Å². The number of hydrogen-bond acceptors (Lipinski definition) is 4. The van der Waals surface area contributed by atoms with E-state index in [0.29, 0.717) is 5.75 Å². The summed E-state index contributed by atoms with van der Waals surface area (Å²) in [5.74, 6) is 0.370. The molecule has 2 N–H and O–H groups in total. The first kappa shape index (κ1) is 13.1. The number of fused-ring (bicyclic) bond motifs is 1. The molecular formula is C14H12BrNOS2. The zero-order valence-corrected chi connectivity index (χ0v) is 13.2. The van der Waals surface area contributed by atoms with E-state index in [0.717, 1.165) is 33.2 Å². The lowest BCUT2D eigenvalue weighted by Crippen LogP contribution is -2.11. The van der Waals surface area contributed by atoms with E-state index >= 15 is 0 Å². The summed E-state index contributed by atoms with van der Waals surface area (Å²) in [5.41, 5.74) is 1.11. The minimum Gasteiger partial charge on any atom is -0.507 e. The number of rotatable bonds is 4. The summed E-state index contributed by atoms with van der Waals surface area (Å²) in [6, 6.07) is 8.05. The molecule has 2 heterocycles. The monoisotopic (exact) mass is 353 g/mol. The van der Waals surface area contributed by atoms with Crippen molar-refractivity contribution in [3.8, 4) is 5.75 Å². The lowest BCUT2D eigenvalue weighted by atomic mass is 10.1. The highest BCUT2D eigenvalue weighted by Gasteiger charge is 2.04. The molecule has 19 heavy (non-hydrogen) atoms. The van der Waals surface area contributed by atoms with E-state index in [1.807, 2.05) is 17.5 Å². The maximum Gasteiger partial charge on any atom is 0.124 e. The van der Waals surface area contributed by atoms with Gasteiger partial charge in [0.05, 0.1) is 0 Å². The summed E-state index contributed by atoms with van der Waals surface area (Å²) in [5, 5.41) is 18.4. The van der Waals surface area contributed by atoms with E-state index in [1.54, 1.807) is 22.7 Å². The number of benzene rings is 1. The van der Waals surface area contributed by atoms with Gasteiger partial charge < -0.3 is 10.4 Å². The first-order valence-corrected chi connectivity index (χ1v) is 8.40. The molecule has 0 aliphatic rings. The van der Waals surface area contributed by atoms with Gasteiger partial charge in [0.15, 0.2) is 0 Å². The summed E-state index contributed by atoms with van der Waals surface area (Å²) in [6.07, 6.45) is 0. The molecule has 5 heteroatoms. The van der Waals surface area contributed by atoms with Gasteiger partial charge in [0.2, 0.25) is 0 Å². The third-order valence-corrected chi connectivity index (χ3v) is 5.42. The summed E-state index contributed by atoms with van der Waals surface area (Å²) < 4.78 is 2.27. The first-order chi connectivity index (χ1) is 9.22.